The van der Waals surface area contributed by atoms with Crippen molar-refractivity contribution in [2.24, 2.45) is 5.73 Å². The number of nitrogens with two attached hydrogens (primary N) is 1. The molecular weight excluding hydrogens is 182 g/mol. The van der Waals surface area contributed by atoms with Crippen LogP contribution in [0.3, 0.4) is 0 Å². The molecule has 1 heterocycles. The second kappa shape index (κ2) is 3.06. The van der Waals surface area contributed by atoms with Crippen LogP contribution in [0.5, 0.6) is 5.75 Å². The molecule has 4 nitrogen and oxygen atoms in total. The Morgan fingerprint density at radius 3 is 2.86 bits per heavy atom. The molecule has 1 aliphatic heterocycles. The van der Waals surface area contributed by atoms with E-state index in [1.807, 2.05) is 0 Å². The minimum Gasteiger partial charge on any atom is -0.507 e. The van der Waals surface area contributed by atoms with Crippen molar-refractivity contribution in [3.63, 3.8) is 0 Å². The number of primary amides is 1. The van der Waals surface area contributed by atoms with Crippen LogP contribution in [-0.2, 0) is 4.79 Å². The molecule has 0 fully saturated rings. The number of aliphatic hydroxyl groups excluding tert-OH is 1. The van der Waals surface area contributed by atoms with Gasteiger partial charge in [0.05, 0.1) is 11.1 Å². The quantitative estimate of drug-likeness (QED) is 0.690. The fraction of sp³-hybridized carbons (Fsp3) is 0.100. The summed E-state index contributed by atoms with van der Waals surface area (Å²) in [5, 5.41) is 9.69. The van der Waals surface area contributed by atoms with Gasteiger partial charge in [-0.2, -0.15) is 0 Å². The van der Waals surface area contributed by atoms with E-state index in [0.29, 0.717) is 11.3 Å². The number of aliphatic hydroxyl groups is 1. The van der Waals surface area contributed by atoms with Gasteiger partial charge in [0, 0.05) is 0 Å². The molecule has 1 aromatic rings. The van der Waals surface area contributed by atoms with E-state index in [1.165, 1.54) is 0 Å². The molecule has 0 aliphatic carbocycles. The summed E-state index contributed by atoms with van der Waals surface area (Å²) in [4.78, 5) is 10.9. The third-order valence-corrected chi connectivity index (χ3v) is 2.10. The highest BCUT2D eigenvalue weighted by Gasteiger charge is 2.22. The molecule has 1 amide bonds. The normalized spacial score (nSPS) is 14.6. The maximum absolute atomic E-state index is 10.9. The van der Waals surface area contributed by atoms with E-state index in [4.69, 9.17) is 10.5 Å². The van der Waals surface area contributed by atoms with Gasteiger partial charge in [0.1, 0.15) is 18.1 Å². The van der Waals surface area contributed by atoms with E-state index in [9.17, 15) is 9.90 Å². The molecule has 0 saturated heterocycles. The van der Waals surface area contributed by atoms with Crippen LogP contribution >= 0.6 is 0 Å². The highest BCUT2D eigenvalue weighted by molar-refractivity contribution is 6.00. The lowest BCUT2D eigenvalue weighted by Crippen LogP contribution is -2.23. The first-order valence-corrected chi connectivity index (χ1v) is 4.14. The van der Waals surface area contributed by atoms with Crippen molar-refractivity contribution in [2.75, 3.05) is 6.61 Å². The molecule has 0 atom stereocenters. The molecule has 14 heavy (non-hydrogen) atoms. The number of fused-ring (bicyclic) bond motifs is 1. The van der Waals surface area contributed by atoms with Gasteiger partial charge in [-0.15, -0.1) is 0 Å². The van der Waals surface area contributed by atoms with Gasteiger partial charge in [-0.25, -0.2) is 0 Å². The van der Waals surface area contributed by atoms with Crippen molar-refractivity contribution >= 4 is 11.7 Å². The second-order valence-corrected chi connectivity index (χ2v) is 2.98. The summed E-state index contributed by atoms with van der Waals surface area (Å²) in [5.41, 5.74) is 5.70. The minimum atomic E-state index is -0.656. The Morgan fingerprint density at radius 2 is 2.14 bits per heavy atom. The number of benzene rings is 1. The number of amides is 1. The number of para-hydroxylation sites is 1. The molecular formula is C10H9NO3. The second-order valence-electron chi connectivity index (χ2n) is 2.98. The maximum Gasteiger partial charge on any atom is 0.251 e. The fourth-order valence-corrected chi connectivity index (χ4v) is 1.36. The SMILES string of the molecule is NC(=O)C1=C(O)c2ccccc2OC1. The smallest absolute Gasteiger partial charge is 0.251 e. The van der Waals surface area contributed by atoms with E-state index in [1.54, 1.807) is 24.3 Å². The number of ether oxygens (including phenoxy) is 1. The molecule has 0 spiro atoms. The average Bonchev–Trinajstić information content (AvgIpc) is 2.18. The third-order valence-electron chi connectivity index (χ3n) is 2.10. The van der Waals surface area contributed by atoms with Crippen molar-refractivity contribution in [2.45, 2.75) is 0 Å². The Balaban J connectivity index is 2.56. The molecule has 2 rings (SSSR count). The standard InChI is InChI=1S/C10H9NO3/c11-10(13)7-5-14-8-4-2-1-3-6(8)9(7)12/h1-4,12H,5H2,(H2,11,13). The fourth-order valence-electron chi connectivity index (χ4n) is 1.36. The van der Waals surface area contributed by atoms with E-state index in [2.05, 4.69) is 0 Å². The van der Waals surface area contributed by atoms with Gasteiger partial charge in [-0.3, -0.25) is 4.79 Å². The summed E-state index contributed by atoms with van der Waals surface area (Å²) in [6.45, 7) is 0.0260. The Morgan fingerprint density at radius 1 is 1.43 bits per heavy atom. The van der Waals surface area contributed by atoms with Gasteiger partial charge in [0.25, 0.3) is 5.91 Å². The number of hydrogen-bond acceptors (Lipinski definition) is 3. The molecule has 0 radical (unpaired) electrons. The summed E-state index contributed by atoms with van der Waals surface area (Å²) in [5.74, 6) is -0.175. The molecule has 1 aliphatic rings. The van der Waals surface area contributed by atoms with E-state index < -0.39 is 5.91 Å². The highest BCUT2D eigenvalue weighted by Crippen LogP contribution is 2.30. The van der Waals surface area contributed by atoms with E-state index in [0.717, 1.165) is 0 Å². The predicted molar refractivity (Wildman–Crippen MR) is 50.7 cm³/mol. The van der Waals surface area contributed by atoms with Crippen LogP contribution in [0.15, 0.2) is 29.8 Å². The lowest BCUT2D eigenvalue weighted by molar-refractivity contribution is -0.114. The van der Waals surface area contributed by atoms with Crippen molar-refractivity contribution in [3.05, 3.63) is 35.4 Å². The lowest BCUT2D eigenvalue weighted by atomic mass is 10.1. The average molecular weight is 191 g/mol. The summed E-state index contributed by atoms with van der Waals surface area (Å²) in [7, 11) is 0. The number of hydrogen-bond donors (Lipinski definition) is 2. The third kappa shape index (κ3) is 1.21. The lowest BCUT2D eigenvalue weighted by Gasteiger charge is -2.18. The largest absolute Gasteiger partial charge is 0.507 e. The van der Waals surface area contributed by atoms with Gasteiger partial charge in [0.15, 0.2) is 0 Å². The van der Waals surface area contributed by atoms with Gasteiger partial charge in [-0.1, -0.05) is 12.1 Å². The molecule has 0 aromatic heterocycles. The zero-order chi connectivity index (χ0) is 10.1. The van der Waals surface area contributed by atoms with Crippen LogP contribution in [0.1, 0.15) is 5.56 Å². The van der Waals surface area contributed by atoms with Gasteiger partial charge in [0.2, 0.25) is 0 Å². The van der Waals surface area contributed by atoms with Crippen molar-refractivity contribution in [3.8, 4) is 5.75 Å². The Labute approximate surface area is 80.6 Å². The van der Waals surface area contributed by atoms with Crippen molar-refractivity contribution in [1.29, 1.82) is 0 Å². The summed E-state index contributed by atoms with van der Waals surface area (Å²) in [6.07, 6.45) is 0. The molecule has 72 valence electrons. The van der Waals surface area contributed by atoms with E-state index >= 15 is 0 Å². The zero-order valence-corrected chi connectivity index (χ0v) is 7.36. The first-order valence-electron chi connectivity index (χ1n) is 4.14. The maximum atomic E-state index is 10.9. The summed E-state index contributed by atoms with van der Waals surface area (Å²) in [6, 6.07) is 6.94. The van der Waals surface area contributed by atoms with Gasteiger partial charge in [-0.05, 0) is 12.1 Å². The van der Waals surface area contributed by atoms with Crippen LogP contribution in [0.4, 0.5) is 0 Å². The van der Waals surface area contributed by atoms with Crippen LogP contribution in [0.25, 0.3) is 5.76 Å². The number of rotatable bonds is 1. The Bertz CT molecular complexity index is 423. The highest BCUT2D eigenvalue weighted by atomic mass is 16.5. The molecule has 1 aromatic carbocycles. The van der Waals surface area contributed by atoms with Gasteiger partial charge < -0.3 is 15.6 Å². The van der Waals surface area contributed by atoms with E-state index in [-0.39, 0.29) is 17.9 Å². The first kappa shape index (κ1) is 8.62. The molecule has 0 bridgehead atoms. The van der Waals surface area contributed by atoms with Gasteiger partial charge >= 0.3 is 0 Å². The first-order chi connectivity index (χ1) is 6.70. The number of carbonyl (C=O) groups is 1. The minimum absolute atomic E-state index is 0.0260. The Hall–Kier alpha value is -1.97. The monoisotopic (exact) mass is 191 g/mol. The van der Waals surface area contributed by atoms with Crippen LogP contribution in [0, 0.1) is 0 Å². The van der Waals surface area contributed by atoms with Crippen molar-refractivity contribution in [1.82, 2.24) is 0 Å². The Kier molecular flexibility index (Phi) is 1.89. The predicted octanol–water partition coefficient (Wildman–Crippen LogP) is 0.833. The van der Waals surface area contributed by atoms with Crippen LogP contribution < -0.4 is 10.5 Å². The molecule has 0 unspecified atom stereocenters. The van der Waals surface area contributed by atoms with Crippen molar-refractivity contribution < 1.29 is 14.6 Å². The summed E-state index contributed by atoms with van der Waals surface area (Å²) < 4.78 is 5.25. The number of carbonyl (C=O) groups excluding carboxylic acids is 1. The van der Waals surface area contributed by atoms with Crippen LogP contribution in [-0.4, -0.2) is 17.6 Å². The molecule has 4 heteroatoms. The topological polar surface area (TPSA) is 72.6 Å². The molecule has 3 N–H and O–H groups in total. The summed E-state index contributed by atoms with van der Waals surface area (Å²) >= 11 is 0. The zero-order valence-electron chi connectivity index (χ0n) is 7.36. The molecule has 0 saturated carbocycles. The van der Waals surface area contributed by atoms with Crippen LogP contribution in [0.2, 0.25) is 0 Å².